The first kappa shape index (κ1) is 12.8. The predicted octanol–water partition coefficient (Wildman–Crippen LogP) is 2.29. The van der Waals surface area contributed by atoms with E-state index in [1.165, 1.54) is 6.07 Å². The molecule has 0 aliphatic rings. The first-order valence-corrected chi connectivity index (χ1v) is 5.15. The second kappa shape index (κ2) is 4.72. The number of carboxylic acid groups (broad SMARTS) is 1. The molecule has 1 aromatic rings. The maximum atomic E-state index is 10.6. The summed E-state index contributed by atoms with van der Waals surface area (Å²) >= 11 is 5.80. The maximum Gasteiger partial charge on any atom is 0.337 e. The first-order valence-electron chi connectivity index (χ1n) is 4.77. The molecule has 88 valence electrons. The molecular formula is C11H13ClO4. The van der Waals surface area contributed by atoms with Gasteiger partial charge in [-0.3, -0.25) is 0 Å². The number of carboxylic acids is 1. The minimum absolute atomic E-state index is 0.0153. The van der Waals surface area contributed by atoms with Crippen LogP contribution in [0.15, 0.2) is 12.1 Å². The second-order valence-corrected chi connectivity index (χ2v) is 4.26. The van der Waals surface area contributed by atoms with Gasteiger partial charge in [0.25, 0.3) is 0 Å². The number of aliphatic carboxylic acids is 1. The van der Waals surface area contributed by atoms with Gasteiger partial charge in [0.05, 0.1) is 0 Å². The normalized spacial score (nSPS) is 12.8. The third-order valence-electron chi connectivity index (χ3n) is 2.28. The van der Waals surface area contributed by atoms with Crippen LogP contribution in [-0.4, -0.2) is 21.3 Å². The van der Waals surface area contributed by atoms with E-state index >= 15 is 0 Å². The molecule has 5 heteroatoms. The molecule has 1 atom stereocenters. The Morgan fingerprint density at radius 3 is 2.25 bits per heavy atom. The zero-order valence-electron chi connectivity index (χ0n) is 8.94. The Hall–Kier alpha value is -1.26. The Balaban J connectivity index is 3.35. The molecule has 0 aliphatic heterocycles. The molecule has 0 amide bonds. The van der Waals surface area contributed by atoms with Crippen LogP contribution in [0, 0.1) is 0 Å². The average Bonchev–Trinajstić information content (AvgIpc) is 2.19. The lowest BCUT2D eigenvalue weighted by molar-refractivity contribution is -0.147. The largest absolute Gasteiger partial charge is 0.507 e. The van der Waals surface area contributed by atoms with Crippen LogP contribution in [0.4, 0.5) is 0 Å². The summed E-state index contributed by atoms with van der Waals surface area (Å²) in [6.07, 6.45) is -1.77. The molecule has 1 unspecified atom stereocenters. The number of hydrogen-bond donors (Lipinski definition) is 3. The number of phenols is 1. The van der Waals surface area contributed by atoms with Crippen molar-refractivity contribution >= 4 is 17.6 Å². The van der Waals surface area contributed by atoms with Crippen LogP contribution < -0.4 is 0 Å². The average molecular weight is 245 g/mol. The zero-order valence-corrected chi connectivity index (χ0v) is 9.69. The molecule has 0 saturated heterocycles. The number of aliphatic hydroxyl groups is 1. The van der Waals surface area contributed by atoms with Gasteiger partial charge in [-0.1, -0.05) is 25.4 Å². The molecular weight excluding hydrogens is 232 g/mol. The van der Waals surface area contributed by atoms with Gasteiger partial charge in [0.2, 0.25) is 0 Å². The van der Waals surface area contributed by atoms with E-state index in [4.69, 9.17) is 16.7 Å². The molecule has 0 heterocycles. The fraction of sp³-hybridized carbons (Fsp3) is 0.364. The summed E-state index contributed by atoms with van der Waals surface area (Å²) in [4.78, 5) is 10.6. The van der Waals surface area contributed by atoms with Crippen LogP contribution in [0.3, 0.4) is 0 Å². The van der Waals surface area contributed by atoms with Gasteiger partial charge in [0.1, 0.15) is 5.75 Å². The summed E-state index contributed by atoms with van der Waals surface area (Å²) in [5, 5.41) is 28.2. The number of hydrogen-bond acceptors (Lipinski definition) is 3. The number of aromatic hydroxyl groups is 1. The number of aliphatic hydroxyl groups excluding tert-OH is 1. The molecule has 16 heavy (non-hydrogen) atoms. The Morgan fingerprint density at radius 1 is 1.31 bits per heavy atom. The molecule has 0 fully saturated rings. The summed E-state index contributed by atoms with van der Waals surface area (Å²) in [6, 6.07) is 2.81. The summed E-state index contributed by atoms with van der Waals surface area (Å²) in [6.45, 7) is 3.67. The number of halogens is 1. The minimum Gasteiger partial charge on any atom is -0.507 e. The second-order valence-electron chi connectivity index (χ2n) is 3.83. The Kier molecular flexibility index (Phi) is 3.78. The van der Waals surface area contributed by atoms with Crippen molar-refractivity contribution in [1.29, 1.82) is 0 Å². The van der Waals surface area contributed by atoms with Gasteiger partial charge in [-0.2, -0.15) is 0 Å². The summed E-state index contributed by atoms with van der Waals surface area (Å²) in [5.74, 6) is -1.65. The molecule has 0 spiro atoms. The lowest BCUT2D eigenvalue weighted by Gasteiger charge is -2.15. The van der Waals surface area contributed by atoms with Crippen LogP contribution in [-0.2, 0) is 4.79 Å². The minimum atomic E-state index is -1.77. The van der Waals surface area contributed by atoms with Gasteiger partial charge in [0.15, 0.2) is 6.10 Å². The fourth-order valence-electron chi connectivity index (χ4n) is 1.42. The number of phenolic OH excluding ortho intramolecular Hbond substituents is 1. The molecule has 4 nitrogen and oxygen atoms in total. The lowest BCUT2D eigenvalue weighted by atomic mass is 9.97. The highest BCUT2D eigenvalue weighted by atomic mass is 35.5. The highest BCUT2D eigenvalue weighted by molar-refractivity contribution is 6.30. The van der Waals surface area contributed by atoms with Crippen molar-refractivity contribution in [3.8, 4) is 5.75 Å². The van der Waals surface area contributed by atoms with E-state index in [1.807, 2.05) is 13.8 Å². The van der Waals surface area contributed by atoms with E-state index in [0.717, 1.165) is 0 Å². The van der Waals surface area contributed by atoms with E-state index in [-0.39, 0.29) is 22.3 Å². The highest BCUT2D eigenvalue weighted by Gasteiger charge is 2.23. The Morgan fingerprint density at radius 2 is 1.81 bits per heavy atom. The van der Waals surface area contributed by atoms with Crippen molar-refractivity contribution < 1.29 is 20.1 Å². The standard InChI is InChI=1S/C11H13ClO4/c1-5(2)7-3-6(12)4-8(9(7)13)10(14)11(15)16/h3-5,10,13-14H,1-2H3,(H,15,16). The van der Waals surface area contributed by atoms with Crippen LogP contribution in [0.5, 0.6) is 5.75 Å². The van der Waals surface area contributed by atoms with Crippen molar-refractivity contribution in [2.75, 3.05) is 0 Å². The van der Waals surface area contributed by atoms with Gasteiger partial charge in [-0.25, -0.2) is 4.79 Å². The van der Waals surface area contributed by atoms with Crippen molar-refractivity contribution in [2.24, 2.45) is 0 Å². The van der Waals surface area contributed by atoms with Gasteiger partial charge in [0, 0.05) is 10.6 Å². The highest BCUT2D eigenvalue weighted by Crippen LogP contribution is 2.35. The quantitative estimate of drug-likeness (QED) is 0.762. The molecule has 3 N–H and O–H groups in total. The van der Waals surface area contributed by atoms with Gasteiger partial charge < -0.3 is 15.3 Å². The summed E-state index contributed by atoms with van der Waals surface area (Å²) in [5.41, 5.74) is 0.437. The summed E-state index contributed by atoms with van der Waals surface area (Å²) < 4.78 is 0. The number of benzene rings is 1. The third kappa shape index (κ3) is 2.46. The molecule has 0 radical (unpaired) electrons. The van der Waals surface area contributed by atoms with Crippen LogP contribution in [0.25, 0.3) is 0 Å². The fourth-order valence-corrected chi connectivity index (χ4v) is 1.66. The zero-order chi connectivity index (χ0) is 12.5. The van der Waals surface area contributed by atoms with Gasteiger partial charge in [-0.15, -0.1) is 0 Å². The van der Waals surface area contributed by atoms with Crippen molar-refractivity contribution in [3.05, 3.63) is 28.3 Å². The van der Waals surface area contributed by atoms with Crippen molar-refractivity contribution in [2.45, 2.75) is 25.9 Å². The topological polar surface area (TPSA) is 77.8 Å². The van der Waals surface area contributed by atoms with E-state index in [2.05, 4.69) is 0 Å². The maximum absolute atomic E-state index is 10.6. The van der Waals surface area contributed by atoms with Crippen molar-refractivity contribution in [1.82, 2.24) is 0 Å². The van der Waals surface area contributed by atoms with Crippen LogP contribution in [0.1, 0.15) is 37.0 Å². The first-order chi connectivity index (χ1) is 7.34. The molecule has 0 bridgehead atoms. The number of carbonyl (C=O) groups is 1. The molecule has 0 aliphatic carbocycles. The van der Waals surface area contributed by atoms with E-state index in [9.17, 15) is 15.0 Å². The predicted molar refractivity (Wildman–Crippen MR) is 59.8 cm³/mol. The Labute approximate surface area is 98.1 Å². The smallest absolute Gasteiger partial charge is 0.337 e. The van der Waals surface area contributed by atoms with E-state index in [1.54, 1.807) is 6.07 Å². The monoisotopic (exact) mass is 244 g/mol. The van der Waals surface area contributed by atoms with Crippen molar-refractivity contribution in [3.63, 3.8) is 0 Å². The molecule has 1 aromatic carbocycles. The van der Waals surface area contributed by atoms with Gasteiger partial charge in [-0.05, 0) is 23.6 Å². The molecule has 1 rings (SSSR count). The third-order valence-corrected chi connectivity index (χ3v) is 2.50. The molecule has 0 aromatic heterocycles. The molecule has 0 saturated carbocycles. The van der Waals surface area contributed by atoms with E-state index < -0.39 is 12.1 Å². The number of rotatable bonds is 3. The van der Waals surface area contributed by atoms with Crippen LogP contribution >= 0.6 is 11.6 Å². The SMILES string of the molecule is CC(C)c1cc(Cl)cc(C(O)C(=O)O)c1O. The Bertz CT molecular complexity index is 415. The van der Waals surface area contributed by atoms with Crippen LogP contribution in [0.2, 0.25) is 5.02 Å². The van der Waals surface area contributed by atoms with Gasteiger partial charge >= 0.3 is 5.97 Å². The summed E-state index contributed by atoms with van der Waals surface area (Å²) in [7, 11) is 0. The van der Waals surface area contributed by atoms with E-state index in [0.29, 0.717) is 5.56 Å². The lowest BCUT2D eigenvalue weighted by Crippen LogP contribution is -2.11.